The third-order valence-corrected chi connectivity index (χ3v) is 2.84. The number of carboxylic acids is 1. The van der Waals surface area contributed by atoms with Gasteiger partial charge in [0.25, 0.3) is 5.69 Å². The van der Waals surface area contributed by atoms with Gasteiger partial charge in [0.15, 0.2) is 0 Å². The smallest absolute Gasteiger partial charge is 0.315 e. The van der Waals surface area contributed by atoms with Crippen LogP contribution < -0.4 is 10.6 Å². The van der Waals surface area contributed by atoms with E-state index in [0.717, 1.165) is 0 Å². The van der Waals surface area contributed by atoms with Crippen molar-refractivity contribution in [2.75, 3.05) is 6.54 Å². The van der Waals surface area contributed by atoms with Crippen LogP contribution in [0.5, 0.6) is 0 Å². The number of hydrogen-bond acceptors (Lipinski definition) is 4. The van der Waals surface area contributed by atoms with E-state index in [9.17, 15) is 19.7 Å². The Hall–Kier alpha value is -2.64. The minimum atomic E-state index is -1.07. The number of nitrogens with zero attached hydrogens (tertiary/aromatic N) is 1. The molecule has 0 atom stereocenters. The number of carbonyl (C=O) groups is 2. The molecule has 8 heteroatoms. The van der Waals surface area contributed by atoms with Gasteiger partial charge in [-0.05, 0) is 19.4 Å². The highest BCUT2D eigenvalue weighted by Gasteiger charge is 2.27. The molecule has 2 amide bonds. The maximum atomic E-state index is 11.6. The number of benzene rings is 1. The highest BCUT2D eigenvalue weighted by Crippen LogP contribution is 2.14. The van der Waals surface area contributed by atoms with Gasteiger partial charge in [0.05, 0.1) is 10.3 Å². The van der Waals surface area contributed by atoms with Crippen LogP contribution >= 0.6 is 0 Å². The molecule has 0 aromatic heterocycles. The zero-order valence-corrected chi connectivity index (χ0v) is 11.8. The van der Waals surface area contributed by atoms with Gasteiger partial charge in [0.2, 0.25) is 0 Å². The minimum Gasteiger partial charge on any atom is -0.481 e. The molecule has 0 fully saturated rings. The van der Waals surface area contributed by atoms with E-state index >= 15 is 0 Å². The molecule has 0 unspecified atom stereocenters. The van der Waals surface area contributed by atoms with Crippen LogP contribution in [-0.4, -0.2) is 28.6 Å². The van der Waals surface area contributed by atoms with E-state index in [1.165, 1.54) is 32.0 Å². The maximum Gasteiger partial charge on any atom is 0.315 e. The zero-order chi connectivity index (χ0) is 16.0. The molecule has 0 saturated carbocycles. The number of nitrogens with one attached hydrogen (secondary N) is 2. The normalized spacial score (nSPS) is 10.8. The van der Waals surface area contributed by atoms with Crippen molar-refractivity contribution in [2.45, 2.75) is 20.4 Å². The fraction of sp³-hybridized carbons (Fsp3) is 0.385. The first-order chi connectivity index (χ1) is 9.72. The average Bonchev–Trinajstić information content (AvgIpc) is 2.43. The van der Waals surface area contributed by atoms with E-state index in [0.29, 0.717) is 5.56 Å². The van der Waals surface area contributed by atoms with Crippen molar-refractivity contribution in [3.05, 3.63) is 39.9 Å². The Morgan fingerprint density at radius 3 is 2.57 bits per heavy atom. The second-order valence-corrected chi connectivity index (χ2v) is 5.15. The van der Waals surface area contributed by atoms with Gasteiger partial charge in [-0.25, -0.2) is 4.79 Å². The second kappa shape index (κ2) is 6.69. The predicted octanol–water partition coefficient (Wildman–Crippen LogP) is 1.50. The quantitative estimate of drug-likeness (QED) is 0.542. The topological polar surface area (TPSA) is 122 Å². The van der Waals surface area contributed by atoms with Crippen LogP contribution in [0.1, 0.15) is 19.4 Å². The Morgan fingerprint density at radius 1 is 1.33 bits per heavy atom. The second-order valence-electron chi connectivity index (χ2n) is 5.15. The molecule has 21 heavy (non-hydrogen) atoms. The largest absolute Gasteiger partial charge is 0.481 e. The number of nitro benzene ring substituents is 1. The molecule has 3 N–H and O–H groups in total. The summed E-state index contributed by atoms with van der Waals surface area (Å²) in [6.45, 7) is 3.08. The molecular weight excluding hydrogens is 278 g/mol. The first-order valence-electron chi connectivity index (χ1n) is 6.21. The summed E-state index contributed by atoms with van der Waals surface area (Å²) in [5, 5.41) is 24.5. The number of non-ortho nitro benzene ring substituents is 1. The monoisotopic (exact) mass is 295 g/mol. The fourth-order valence-electron chi connectivity index (χ4n) is 1.40. The van der Waals surface area contributed by atoms with Gasteiger partial charge >= 0.3 is 12.0 Å². The van der Waals surface area contributed by atoms with Crippen LogP contribution in [0.25, 0.3) is 0 Å². The van der Waals surface area contributed by atoms with Gasteiger partial charge in [0.1, 0.15) is 0 Å². The van der Waals surface area contributed by atoms with Crippen molar-refractivity contribution in [3.63, 3.8) is 0 Å². The van der Waals surface area contributed by atoms with Crippen molar-refractivity contribution >= 4 is 17.7 Å². The molecule has 0 aliphatic carbocycles. The van der Waals surface area contributed by atoms with Crippen molar-refractivity contribution in [2.24, 2.45) is 5.41 Å². The summed E-state index contributed by atoms with van der Waals surface area (Å²) in [5.74, 6) is -1.01. The number of urea groups is 1. The summed E-state index contributed by atoms with van der Waals surface area (Å²) < 4.78 is 0. The Labute approximate surface area is 121 Å². The lowest BCUT2D eigenvalue weighted by molar-refractivity contribution is -0.384. The Kier molecular flexibility index (Phi) is 5.23. The van der Waals surface area contributed by atoms with Crippen LogP contribution in [0.4, 0.5) is 10.5 Å². The van der Waals surface area contributed by atoms with Gasteiger partial charge in [-0.1, -0.05) is 12.1 Å². The summed E-state index contributed by atoms with van der Waals surface area (Å²) in [6, 6.07) is 5.37. The number of amides is 2. The lowest BCUT2D eigenvalue weighted by atomic mass is 9.94. The van der Waals surface area contributed by atoms with Crippen LogP contribution in [-0.2, 0) is 11.3 Å². The van der Waals surface area contributed by atoms with E-state index in [-0.39, 0.29) is 18.8 Å². The SMILES string of the molecule is CC(C)(CNC(=O)NCc1cccc([N+](=O)[O-])c1)C(=O)O. The van der Waals surface area contributed by atoms with Gasteiger partial charge in [-0.15, -0.1) is 0 Å². The molecule has 1 rings (SSSR count). The Balaban J connectivity index is 2.48. The molecule has 0 aliphatic heterocycles. The van der Waals surface area contributed by atoms with E-state index < -0.39 is 22.3 Å². The van der Waals surface area contributed by atoms with Crippen LogP contribution in [0.15, 0.2) is 24.3 Å². The first-order valence-corrected chi connectivity index (χ1v) is 6.21. The molecule has 1 aromatic carbocycles. The summed E-state index contributed by atoms with van der Waals surface area (Å²) in [5.41, 5.74) is -0.540. The fourth-order valence-corrected chi connectivity index (χ4v) is 1.40. The molecule has 0 aliphatic rings. The van der Waals surface area contributed by atoms with E-state index in [4.69, 9.17) is 5.11 Å². The maximum absolute atomic E-state index is 11.6. The van der Waals surface area contributed by atoms with E-state index in [2.05, 4.69) is 10.6 Å². The third kappa shape index (κ3) is 5.09. The number of rotatable bonds is 6. The van der Waals surface area contributed by atoms with Crippen molar-refractivity contribution in [1.82, 2.24) is 10.6 Å². The number of aliphatic carboxylic acids is 1. The number of nitro groups is 1. The van der Waals surface area contributed by atoms with Gasteiger partial charge in [-0.3, -0.25) is 14.9 Å². The number of carboxylic acid groups (broad SMARTS) is 1. The van der Waals surface area contributed by atoms with Crippen LogP contribution in [0.3, 0.4) is 0 Å². The standard InChI is InChI=1S/C13H17N3O5/c1-13(2,11(17)18)8-15-12(19)14-7-9-4-3-5-10(6-9)16(20)21/h3-6H,7-8H2,1-2H3,(H,17,18)(H2,14,15,19). The van der Waals surface area contributed by atoms with Crippen LogP contribution in [0, 0.1) is 15.5 Å². The zero-order valence-electron chi connectivity index (χ0n) is 11.8. The summed E-state index contributed by atoms with van der Waals surface area (Å²) in [4.78, 5) is 32.5. The lowest BCUT2D eigenvalue weighted by Crippen LogP contribution is -2.43. The predicted molar refractivity (Wildman–Crippen MR) is 74.8 cm³/mol. The summed E-state index contributed by atoms with van der Waals surface area (Å²) in [7, 11) is 0. The molecule has 0 saturated heterocycles. The molecule has 1 aromatic rings. The number of carbonyl (C=O) groups excluding carboxylic acids is 1. The molecule has 0 bridgehead atoms. The Morgan fingerprint density at radius 2 is 2.00 bits per heavy atom. The average molecular weight is 295 g/mol. The lowest BCUT2D eigenvalue weighted by Gasteiger charge is -2.19. The molecule has 0 heterocycles. The van der Waals surface area contributed by atoms with Gasteiger partial charge in [0, 0.05) is 25.2 Å². The van der Waals surface area contributed by atoms with Crippen molar-refractivity contribution in [1.29, 1.82) is 0 Å². The molecular formula is C13H17N3O5. The molecule has 0 spiro atoms. The van der Waals surface area contributed by atoms with Crippen molar-refractivity contribution < 1.29 is 19.6 Å². The third-order valence-electron chi connectivity index (χ3n) is 2.84. The molecule has 114 valence electrons. The Bertz CT molecular complexity index is 556. The summed E-state index contributed by atoms with van der Waals surface area (Å²) >= 11 is 0. The van der Waals surface area contributed by atoms with E-state index in [1.54, 1.807) is 6.07 Å². The molecule has 0 radical (unpaired) electrons. The van der Waals surface area contributed by atoms with Crippen LogP contribution in [0.2, 0.25) is 0 Å². The molecule has 8 nitrogen and oxygen atoms in total. The highest BCUT2D eigenvalue weighted by atomic mass is 16.6. The minimum absolute atomic E-state index is 0.0247. The number of hydrogen-bond donors (Lipinski definition) is 3. The van der Waals surface area contributed by atoms with Gasteiger partial charge < -0.3 is 15.7 Å². The van der Waals surface area contributed by atoms with E-state index in [1.807, 2.05) is 0 Å². The highest BCUT2D eigenvalue weighted by molar-refractivity contribution is 5.77. The van der Waals surface area contributed by atoms with Crippen molar-refractivity contribution in [3.8, 4) is 0 Å². The first kappa shape index (κ1) is 16.4. The van der Waals surface area contributed by atoms with Gasteiger partial charge in [-0.2, -0.15) is 0 Å². The summed E-state index contributed by atoms with van der Waals surface area (Å²) in [6.07, 6.45) is 0.